The molecule has 0 amide bonds. The summed E-state index contributed by atoms with van der Waals surface area (Å²) >= 11 is 0. The molecule has 0 atom stereocenters. The summed E-state index contributed by atoms with van der Waals surface area (Å²) in [4.78, 5) is 8.92. The lowest BCUT2D eigenvalue weighted by Gasteiger charge is -2.14. The van der Waals surface area contributed by atoms with Crippen LogP contribution in [0.2, 0.25) is 0 Å². The van der Waals surface area contributed by atoms with E-state index in [9.17, 15) is 0 Å². The van der Waals surface area contributed by atoms with Crippen molar-refractivity contribution in [3.63, 3.8) is 0 Å². The van der Waals surface area contributed by atoms with Crippen LogP contribution in [0.3, 0.4) is 0 Å². The van der Waals surface area contributed by atoms with E-state index in [0.717, 1.165) is 24.9 Å². The minimum atomic E-state index is 0. The van der Waals surface area contributed by atoms with Crippen molar-refractivity contribution in [1.29, 1.82) is 0 Å². The second-order valence-electron chi connectivity index (χ2n) is 5.92. The minimum absolute atomic E-state index is 0. The summed E-state index contributed by atoms with van der Waals surface area (Å²) in [6.07, 6.45) is 3.85. The van der Waals surface area contributed by atoms with E-state index in [1.54, 1.807) is 0 Å². The Morgan fingerprint density at radius 3 is 2.67 bits per heavy atom. The number of halogens is 1. The molecular weight excluding hydrogens is 413 g/mol. The van der Waals surface area contributed by atoms with Gasteiger partial charge in [-0.05, 0) is 38.8 Å². The maximum atomic E-state index is 4.65. The summed E-state index contributed by atoms with van der Waals surface area (Å²) in [6.45, 7) is 10.7. The summed E-state index contributed by atoms with van der Waals surface area (Å²) in [5.74, 6) is 1.89. The molecule has 6 heteroatoms. The summed E-state index contributed by atoms with van der Waals surface area (Å²) in [6, 6.07) is 8.93. The van der Waals surface area contributed by atoms with E-state index in [-0.39, 0.29) is 24.0 Å². The van der Waals surface area contributed by atoms with Crippen LogP contribution in [0.5, 0.6) is 0 Å². The van der Waals surface area contributed by atoms with E-state index in [4.69, 9.17) is 0 Å². The Hall–Kier alpha value is -1.57. The second kappa shape index (κ2) is 10.3. The zero-order valence-electron chi connectivity index (χ0n) is 14.9. The molecular formula is C18H28IN5. The number of benzene rings is 1. The van der Waals surface area contributed by atoms with Crippen LogP contribution >= 0.6 is 24.0 Å². The van der Waals surface area contributed by atoms with Gasteiger partial charge in [0, 0.05) is 31.5 Å². The van der Waals surface area contributed by atoms with Crippen molar-refractivity contribution in [3.8, 4) is 0 Å². The highest BCUT2D eigenvalue weighted by atomic mass is 127. The first-order valence-corrected chi connectivity index (χ1v) is 8.19. The molecule has 0 spiro atoms. The van der Waals surface area contributed by atoms with E-state index < -0.39 is 0 Å². The Labute approximate surface area is 162 Å². The molecule has 2 rings (SSSR count). The van der Waals surface area contributed by atoms with E-state index in [0.29, 0.717) is 12.6 Å². The molecule has 0 radical (unpaired) electrons. The zero-order valence-corrected chi connectivity index (χ0v) is 17.2. The van der Waals surface area contributed by atoms with Gasteiger partial charge in [-0.3, -0.25) is 0 Å². The van der Waals surface area contributed by atoms with Crippen molar-refractivity contribution < 1.29 is 0 Å². The maximum absolute atomic E-state index is 4.65. The largest absolute Gasteiger partial charge is 0.357 e. The number of aryl methyl sites for hydroxylation is 1. The predicted octanol–water partition coefficient (Wildman–Crippen LogP) is 3.32. The van der Waals surface area contributed by atoms with Crippen molar-refractivity contribution in [2.45, 2.75) is 46.8 Å². The number of aliphatic imine (C=N–C) groups is 1. The maximum Gasteiger partial charge on any atom is 0.191 e. The smallest absolute Gasteiger partial charge is 0.191 e. The number of aromatic nitrogens is 2. The molecule has 0 aliphatic carbocycles. The van der Waals surface area contributed by atoms with Gasteiger partial charge in [0.15, 0.2) is 5.96 Å². The third-order valence-electron chi connectivity index (χ3n) is 3.46. The van der Waals surface area contributed by atoms with Gasteiger partial charge < -0.3 is 15.2 Å². The first-order chi connectivity index (χ1) is 11.1. The number of hydrogen-bond donors (Lipinski definition) is 2. The number of hydrogen-bond acceptors (Lipinski definition) is 2. The number of rotatable bonds is 6. The van der Waals surface area contributed by atoms with Gasteiger partial charge in [-0.15, -0.1) is 24.0 Å². The van der Waals surface area contributed by atoms with Crippen LogP contribution in [-0.4, -0.2) is 28.1 Å². The quantitative estimate of drug-likeness (QED) is 0.411. The second-order valence-corrected chi connectivity index (χ2v) is 5.92. The molecule has 2 aromatic rings. The van der Waals surface area contributed by atoms with Gasteiger partial charge in [0.25, 0.3) is 0 Å². The highest BCUT2D eigenvalue weighted by Crippen LogP contribution is 2.09. The van der Waals surface area contributed by atoms with Crippen molar-refractivity contribution in [3.05, 3.63) is 53.6 Å². The minimum Gasteiger partial charge on any atom is -0.357 e. The highest BCUT2D eigenvalue weighted by molar-refractivity contribution is 14.0. The van der Waals surface area contributed by atoms with Crippen molar-refractivity contribution in [2.24, 2.45) is 4.99 Å². The monoisotopic (exact) mass is 441 g/mol. The van der Waals surface area contributed by atoms with Gasteiger partial charge in [0.2, 0.25) is 0 Å². The third-order valence-corrected chi connectivity index (χ3v) is 3.46. The number of guanidine groups is 1. The van der Waals surface area contributed by atoms with Crippen LogP contribution in [-0.2, 0) is 13.1 Å². The molecule has 1 heterocycles. The molecule has 0 bridgehead atoms. The van der Waals surface area contributed by atoms with E-state index >= 15 is 0 Å². The molecule has 5 nitrogen and oxygen atoms in total. The Morgan fingerprint density at radius 2 is 2.04 bits per heavy atom. The topological polar surface area (TPSA) is 54.2 Å². The summed E-state index contributed by atoms with van der Waals surface area (Å²) < 4.78 is 2.15. The first-order valence-electron chi connectivity index (χ1n) is 8.19. The Balaban J connectivity index is 0.00000288. The van der Waals surface area contributed by atoms with Crippen LogP contribution in [0.1, 0.15) is 37.7 Å². The van der Waals surface area contributed by atoms with Crippen molar-refractivity contribution in [2.75, 3.05) is 6.54 Å². The highest BCUT2D eigenvalue weighted by Gasteiger charge is 2.02. The molecule has 1 aromatic carbocycles. The molecule has 24 heavy (non-hydrogen) atoms. The van der Waals surface area contributed by atoms with Gasteiger partial charge in [-0.25, -0.2) is 9.98 Å². The van der Waals surface area contributed by atoms with E-state index in [1.807, 2.05) is 19.3 Å². The molecule has 0 unspecified atom stereocenters. The molecule has 0 aliphatic heterocycles. The van der Waals surface area contributed by atoms with Crippen LogP contribution in [0.4, 0.5) is 0 Å². The number of imidazole rings is 1. The van der Waals surface area contributed by atoms with Crippen LogP contribution in [0.15, 0.2) is 41.7 Å². The predicted molar refractivity (Wildman–Crippen MR) is 111 cm³/mol. The Bertz CT molecular complexity index is 648. The van der Waals surface area contributed by atoms with E-state index in [1.165, 1.54) is 11.1 Å². The molecule has 1 aromatic heterocycles. The lowest BCUT2D eigenvalue weighted by Crippen LogP contribution is -2.40. The van der Waals surface area contributed by atoms with Gasteiger partial charge in [0.05, 0.1) is 6.54 Å². The molecule has 0 aliphatic rings. The molecule has 2 N–H and O–H groups in total. The molecule has 0 saturated carbocycles. The Kier molecular flexibility index (Phi) is 8.81. The fourth-order valence-corrected chi connectivity index (χ4v) is 2.36. The SMILES string of the molecule is CCNC(=NCc1cccc(Cn2ccnc2C)c1)NC(C)C.I. The summed E-state index contributed by atoms with van der Waals surface area (Å²) in [7, 11) is 0. The van der Waals surface area contributed by atoms with Crippen LogP contribution < -0.4 is 10.6 Å². The normalized spacial score (nSPS) is 11.3. The van der Waals surface area contributed by atoms with Crippen LogP contribution in [0.25, 0.3) is 0 Å². The fourth-order valence-electron chi connectivity index (χ4n) is 2.36. The molecule has 0 saturated heterocycles. The average molecular weight is 441 g/mol. The number of nitrogens with one attached hydrogen (secondary N) is 2. The molecule has 132 valence electrons. The first kappa shape index (κ1) is 20.5. The van der Waals surface area contributed by atoms with Crippen molar-refractivity contribution >= 4 is 29.9 Å². The third kappa shape index (κ3) is 6.51. The van der Waals surface area contributed by atoms with Crippen LogP contribution in [0, 0.1) is 6.92 Å². The summed E-state index contributed by atoms with van der Waals surface area (Å²) in [5, 5.41) is 6.61. The van der Waals surface area contributed by atoms with Gasteiger partial charge in [0.1, 0.15) is 5.82 Å². The number of nitrogens with zero attached hydrogens (tertiary/aromatic N) is 3. The zero-order chi connectivity index (χ0) is 16.7. The average Bonchev–Trinajstić information content (AvgIpc) is 2.90. The molecule has 0 fully saturated rings. The summed E-state index contributed by atoms with van der Waals surface area (Å²) in [5.41, 5.74) is 2.47. The van der Waals surface area contributed by atoms with Gasteiger partial charge in [-0.2, -0.15) is 0 Å². The lowest BCUT2D eigenvalue weighted by molar-refractivity contribution is 0.700. The fraction of sp³-hybridized carbons (Fsp3) is 0.444. The van der Waals surface area contributed by atoms with E-state index in [2.05, 4.69) is 70.2 Å². The van der Waals surface area contributed by atoms with Gasteiger partial charge >= 0.3 is 0 Å². The van der Waals surface area contributed by atoms with Crippen molar-refractivity contribution in [1.82, 2.24) is 20.2 Å². The lowest BCUT2D eigenvalue weighted by atomic mass is 10.1. The Morgan fingerprint density at radius 1 is 1.29 bits per heavy atom. The van der Waals surface area contributed by atoms with Gasteiger partial charge in [-0.1, -0.05) is 24.3 Å². The standard InChI is InChI=1S/C18H27N5.HI/c1-5-19-18(22-14(2)3)21-12-16-7-6-8-17(11-16)13-23-10-9-20-15(23)4;/h6-11,14H,5,12-13H2,1-4H3,(H2,19,21,22);1H.